The van der Waals surface area contributed by atoms with E-state index in [4.69, 9.17) is 11.6 Å². The lowest BCUT2D eigenvalue weighted by Crippen LogP contribution is -2.50. The molecule has 0 spiro atoms. The van der Waals surface area contributed by atoms with Gasteiger partial charge in [-0.15, -0.1) is 0 Å². The summed E-state index contributed by atoms with van der Waals surface area (Å²) in [7, 11) is -7.73. The second-order valence-corrected chi connectivity index (χ2v) is 10.3. The molecule has 12 heteroatoms. The molecule has 0 N–H and O–H groups in total. The third-order valence-electron chi connectivity index (χ3n) is 4.32. The number of piperazine rings is 1. The molecule has 0 atom stereocenters. The maximum Gasteiger partial charge on any atom is 0.270 e. The number of nitro benzene ring substituents is 1. The predicted molar refractivity (Wildman–Crippen MR) is 102 cm³/mol. The second-order valence-electron chi connectivity index (χ2n) is 6.02. The van der Waals surface area contributed by atoms with Crippen molar-refractivity contribution in [2.24, 2.45) is 0 Å². The molecule has 2 aromatic rings. The molecule has 2 aromatic carbocycles. The molecule has 0 radical (unpaired) electrons. The number of hydrogen-bond acceptors (Lipinski definition) is 6. The van der Waals surface area contributed by atoms with E-state index in [-0.39, 0.29) is 41.7 Å². The normalized spacial score (nSPS) is 16.8. The van der Waals surface area contributed by atoms with Crippen molar-refractivity contribution in [3.05, 3.63) is 63.7 Å². The second kappa shape index (κ2) is 7.76. The molecular weight excluding hydrogens is 430 g/mol. The summed E-state index contributed by atoms with van der Waals surface area (Å²) in [5.41, 5.74) is -0.329. The molecule has 0 bridgehead atoms. The van der Waals surface area contributed by atoms with Gasteiger partial charge < -0.3 is 0 Å². The third kappa shape index (κ3) is 4.03. The van der Waals surface area contributed by atoms with Crippen LogP contribution in [0.1, 0.15) is 0 Å². The van der Waals surface area contributed by atoms with Crippen molar-refractivity contribution in [3.8, 4) is 0 Å². The Bertz CT molecular complexity index is 1100. The monoisotopic (exact) mass is 445 g/mol. The van der Waals surface area contributed by atoms with Crippen molar-refractivity contribution >= 4 is 37.3 Å². The molecule has 1 aliphatic heterocycles. The fourth-order valence-corrected chi connectivity index (χ4v) is 5.82. The number of sulfonamides is 2. The molecule has 28 heavy (non-hydrogen) atoms. The summed E-state index contributed by atoms with van der Waals surface area (Å²) in [6.07, 6.45) is 0. The first-order chi connectivity index (χ1) is 13.1. The molecule has 0 aliphatic carbocycles. The quantitative estimate of drug-likeness (QED) is 0.512. The van der Waals surface area contributed by atoms with Gasteiger partial charge in [-0.05, 0) is 30.3 Å². The van der Waals surface area contributed by atoms with E-state index < -0.39 is 25.0 Å². The number of nitrogens with zero attached hydrogens (tertiary/aromatic N) is 3. The minimum absolute atomic E-state index is 0.0287. The molecule has 3 rings (SSSR count). The average molecular weight is 446 g/mol. The Labute approximate surface area is 167 Å². The fourth-order valence-electron chi connectivity index (χ4n) is 2.81. The van der Waals surface area contributed by atoms with Gasteiger partial charge in [-0.25, -0.2) is 16.8 Å². The number of rotatable bonds is 5. The van der Waals surface area contributed by atoms with Gasteiger partial charge in [0.1, 0.15) is 0 Å². The molecule has 9 nitrogen and oxygen atoms in total. The maximum absolute atomic E-state index is 12.7. The smallest absolute Gasteiger partial charge is 0.258 e. The van der Waals surface area contributed by atoms with E-state index in [9.17, 15) is 26.9 Å². The fraction of sp³-hybridized carbons (Fsp3) is 0.250. The maximum atomic E-state index is 12.7. The largest absolute Gasteiger partial charge is 0.270 e. The Morgan fingerprint density at radius 3 is 1.82 bits per heavy atom. The summed E-state index contributed by atoms with van der Waals surface area (Å²) < 4.78 is 53.2. The Balaban J connectivity index is 1.77. The molecule has 1 heterocycles. The minimum Gasteiger partial charge on any atom is -0.258 e. The van der Waals surface area contributed by atoms with E-state index in [1.807, 2.05) is 0 Å². The summed E-state index contributed by atoms with van der Waals surface area (Å²) in [5.74, 6) is 0. The number of nitro groups is 1. The zero-order valence-corrected chi connectivity index (χ0v) is 16.8. The van der Waals surface area contributed by atoms with Crippen LogP contribution in [-0.2, 0) is 20.0 Å². The SMILES string of the molecule is O=[N+]([O-])c1cccc(S(=O)(=O)N2CCN(S(=O)(=O)c3ccc(Cl)cc3)CC2)c1. The number of benzene rings is 2. The van der Waals surface area contributed by atoms with Gasteiger partial charge in [0.15, 0.2) is 0 Å². The van der Waals surface area contributed by atoms with Crippen LogP contribution in [0.25, 0.3) is 0 Å². The Morgan fingerprint density at radius 2 is 1.32 bits per heavy atom. The van der Waals surface area contributed by atoms with Gasteiger partial charge in [-0.3, -0.25) is 10.1 Å². The summed E-state index contributed by atoms with van der Waals surface area (Å²) in [5, 5.41) is 11.3. The Morgan fingerprint density at radius 1 is 0.821 bits per heavy atom. The van der Waals surface area contributed by atoms with Crippen LogP contribution in [0.15, 0.2) is 58.3 Å². The van der Waals surface area contributed by atoms with Gasteiger partial charge in [0, 0.05) is 43.3 Å². The van der Waals surface area contributed by atoms with Crippen LogP contribution in [-0.4, -0.2) is 56.5 Å². The Kier molecular flexibility index (Phi) is 5.73. The van der Waals surface area contributed by atoms with Crippen LogP contribution in [0, 0.1) is 10.1 Å². The lowest BCUT2D eigenvalue weighted by molar-refractivity contribution is -0.385. The third-order valence-corrected chi connectivity index (χ3v) is 8.37. The zero-order chi connectivity index (χ0) is 20.5. The summed E-state index contributed by atoms with van der Waals surface area (Å²) in [6, 6.07) is 10.5. The lowest BCUT2D eigenvalue weighted by atomic mass is 10.3. The van der Waals surface area contributed by atoms with Crippen molar-refractivity contribution in [1.29, 1.82) is 0 Å². The van der Waals surface area contributed by atoms with Crippen molar-refractivity contribution in [2.75, 3.05) is 26.2 Å². The van der Waals surface area contributed by atoms with Crippen LogP contribution >= 0.6 is 11.6 Å². The zero-order valence-electron chi connectivity index (χ0n) is 14.4. The molecule has 0 saturated carbocycles. The molecule has 0 aromatic heterocycles. The molecule has 1 aliphatic rings. The van der Waals surface area contributed by atoms with Crippen LogP contribution in [0.5, 0.6) is 0 Å². The highest BCUT2D eigenvalue weighted by Crippen LogP contribution is 2.24. The van der Waals surface area contributed by atoms with E-state index in [1.165, 1.54) is 46.8 Å². The van der Waals surface area contributed by atoms with Crippen molar-refractivity contribution < 1.29 is 21.8 Å². The van der Waals surface area contributed by atoms with Crippen LogP contribution in [0.3, 0.4) is 0 Å². The van der Waals surface area contributed by atoms with E-state index in [0.717, 1.165) is 10.4 Å². The van der Waals surface area contributed by atoms with Crippen molar-refractivity contribution in [3.63, 3.8) is 0 Å². The number of non-ortho nitro benzene ring substituents is 1. The van der Waals surface area contributed by atoms with Gasteiger partial charge >= 0.3 is 0 Å². The highest BCUT2D eigenvalue weighted by atomic mass is 35.5. The standard InChI is InChI=1S/C16H16ClN3O6S2/c17-13-4-6-15(7-5-13)27(23,24)18-8-10-19(11-9-18)28(25,26)16-3-1-2-14(12-16)20(21)22/h1-7,12H,8-11H2. The van der Waals surface area contributed by atoms with Crippen molar-refractivity contribution in [2.45, 2.75) is 9.79 Å². The molecule has 0 unspecified atom stereocenters. The molecular formula is C16H16ClN3O6S2. The molecule has 150 valence electrons. The molecule has 1 saturated heterocycles. The van der Waals surface area contributed by atoms with Gasteiger partial charge in [0.05, 0.1) is 14.7 Å². The van der Waals surface area contributed by atoms with Gasteiger partial charge in [0.25, 0.3) is 5.69 Å². The first-order valence-electron chi connectivity index (χ1n) is 8.13. The molecule has 1 fully saturated rings. The van der Waals surface area contributed by atoms with E-state index in [1.54, 1.807) is 0 Å². The number of hydrogen-bond donors (Lipinski definition) is 0. The van der Waals surface area contributed by atoms with Gasteiger partial charge in [-0.1, -0.05) is 17.7 Å². The van der Waals surface area contributed by atoms with E-state index in [0.29, 0.717) is 5.02 Å². The minimum atomic E-state index is -3.97. The highest BCUT2D eigenvalue weighted by molar-refractivity contribution is 7.89. The summed E-state index contributed by atoms with van der Waals surface area (Å²) >= 11 is 5.78. The summed E-state index contributed by atoms with van der Waals surface area (Å²) in [4.78, 5) is 10.1. The van der Waals surface area contributed by atoms with Crippen LogP contribution in [0.2, 0.25) is 5.02 Å². The van der Waals surface area contributed by atoms with Crippen LogP contribution in [0.4, 0.5) is 5.69 Å². The summed E-state index contributed by atoms with van der Waals surface area (Å²) in [6.45, 7) is -0.173. The molecule has 0 amide bonds. The van der Waals surface area contributed by atoms with E-state index in [2.05, 4.69) is 0 Å². The van der Waals surface area contributed by atoms with Gasteiger partial charge in [0.2, 0.25) is 20.0 Å². The highest BCUT2D eigenvalue weighted by Gasteiger charge is 2.34. The Hall–Kier alpha value is -2.05. The number of halogens is 1. The van der Waals surface area contributed by atoms with Gasteiger partial charge in [-0.2, -0.15) is 8.61 Å². The van der Waals surface area contributed by atoms with Crippen LogP contribution < -0.4 is 0 Å². The van der Waals surface area contributed by atoms with E-state index >= 15 is 0 Å². The average Bonchev–Trinajstić information content (AvgIpc) is 2.68. The first-order valence-corrected chi connectivity index (χ1v) is 11.4. The predicted octanol–water partition coefficient (Wildman–Crippen LogP) is 1.94. The van der Waals surface area contributed by atoms with Crippen molar-refractivity contribution in [1.82, 2.24) is 8.61 Å². The lowest BCUT2D eigenvalue weighted by Gasteiger charge is -2.33. The topological polar surface area (TPSA) is 118 Å². The first kappa shape index (κ1) is 20.7.